The maximum absolute atomic E-state index is 12.8. The zero-order valence-electron chi connectivity index (χ0n) is 75.7. The predicted molar refractivity (Wildman–Crippen MR) is 509 cm³/mol. The number of amides is 3. The second-order valence-corrected chi connectivity index (χ2v) is 32.3. The first-order valence-electron chi connectivity index (χ1n) is 44.1. The quantitative estimate of drug-likeness (QED) is 0.00548. The molecule has 0 aromatic heterocycles. The van der Waals surface area contributed by atoms with E-state index in [0.29, 0.717) is 113 Å². The Morgan fingerprint density at radius 3 is 1.27 bits per heavy atom. The van der Waals surface area contributed by atoms with Gasteiger partial charge >= 0.3 is 29.8 Å². The molecule has 0 radical (unpaired) electrons. The summed E-state index contributed by atoms with van der Waals surface area (Å²) in [7, 11) is 2.83. The number of hydrogen-bond acceptors (Lipinski definition) is 30. The number of oxime groups is 4. The molecule has 134 heavy (non-hydrogen) atoms. The predicted octanol–water partition coefficient (Wildman–Crippen LogP) is 17.1. The van der Waals surface area contributed by atoms with Crippen LogP contribution in [0.5, 0.6) is 46.0 Å². The van der Waals surface area contributed by atoms with E-state index in [1.54, 1.807) is 64.3 Å². The zero-order valence-corrected chi connectivity index (χ0v) is 78.7. The fourth-order valence-corrected chi connectivity index (χ4v) is 14.7. The maximum atomic E-state index is 12.8. The van der Waals surface area contributed by atoms with Crippen molar-refractivity contribution >= 4 is 117 Å². The van der Waals surface area contributed by atoms with E-state index in [1.165, 1.54) is 7.11 Å². The van der Waals surface area contributed by atoms with Crippen LogP contribution in [0.1, 0.15) is 205 Å². The van der Waals surface area contributed by atoms with Crippen molar-refractivity contribution in [3.63, 3.8) is 0 Å². The molecule has 9 rings (SSSR count). The van der Waals surface area contributed by atoms with Crippen molar-refractivity contribution in [2.75, 3.05) is 106 Å². The van der Waals surface area contributed by atoms with Crippen LogP contribution >= 0.6 is 46.4 Å². The minimum Gasteiger partial charge on any atom is -0.507 e. The van der Waals surface area contributed by atoms with Crippen molar-refractivity contribution in [3.8, 4) is 46.0 Å². The van der Waals surface area contributed by atoms with Gasteiger partial charge in [-0.2, -0.15) is 0 Å². The number of esters is 5. The molecule has 5 aliphatic heterocycles. The van der Waals surface area contributed by atoms with Crippen LogP contribution in [0.25, 0.3) is 0 Å². The topological polar surface area (TPSA) is 450 Å². The first-order valence-corrected chi connectivity index (χ1v) is 45.6. The van der Waals surface area contributed by atoms with Gasteiger partial charge < -0.3 is 103 Å². The molecule has 0 aliphatic carbocycles. The molecule has 3 amide bonds. The van der Waals surface area contributed by atoms with Gasteiger partial charge in [-0.3, -0.25) is 14.4 Å². The highest BCUT2D eigenvalue weighted by Crippen LogP contribution is 2.42. The Hall–Kier alpha value is -12.3. The van der Waals surface area contributed by atoms with Gasteiger partial charge in [0.25, 0.3) is 17.7 Å². The Labute approximate surface area is 800 Å². The van der Waals surface area contributed by atoms with Crippen LogP contribution in [-0.2, 0) is 92.6 Å². The number of unbranched alkanes of at least 4 members (excludes halogenated alkanes) is 2. The number of allylic oxidation sites excluding steroid dienone is 10. The van der Waals surface area contributed by atoms with Gasteiger partial charge in [0.05, 0.1) is 82.6 Å². The number of halogens is 4. The lowest BCUT2D eigenvalue weighted by Gasteiger charge is -2.26. The number of hydrogen-bond donors (Lipinski definition) is 8. The van der Waals surface area contributed by atoms with E-state index >= 15 is 0 Å². The number of carbonyl (C=O) groups excluding carboxylic acids is 8. The maximum Gasteiger partial charge on any atom is 0.346 e. The van der Waals surface area contributed by atoms with Gasteiger partial charge in [0, 0.05) is 103 Å². The summed E-state index contributed by atoms with van der Waals surface area (Å²) < 4.78 is 31.0. The van der Waals surface area contributed by atoms with Crippen LogP contribution in [-0.4, -0.2) is 238 Å². The molecular weight excluding hydrogens is 1820 g/mol. The van der Waals surface area contributed by atoms with Gasteiger partial charge in [-0.05, 0) is 175 Å². The number of methoxy groups -OCH3 is 2. The monoisotopic (exact) mass is 1940 g/mol. The molecule has 5 aliphatic rings. The number of nitrogens with zero attached hydrogens (tertiary/aromatic N) is 7. The minimum atomic E-state index is -0.794. The Kier molecular flexibility index (Phi) is 50.7. The van der Waals surface area contributed by atoms with Crippen molar-refractivity contribution in [2.24, 2.45) is 20.6 Å². The number of phenolic OH excluding ortho intramolecular Hbond substituents is 8. The highest BCUT2D eigenvalue weighted by Gasteiger charge is 2.32. The van der Waals surface area contributed by atoms with E-state index in [4.69, 9.17) is 89.4 Å². The number of benzene rings is 4. The molecule has 4 aromatic carbocycles. The summed E-state index contributed by atoms with van der Waals surface area (Å²) in [6.45, 7) is 18.1. The van der Waals surface area contributed by atoms with E-state index in [-0.39, 0.29) is 166 Å². The Balaban J connectivity index is 0.000000275. The highest BCUT2D eigenvalue weighted by atomic mass is 35.5. The van der Waals surface area contributed by atoms with Gasteiger partial charge in [-0.25, -0.2) is 24.0 Å². The second kappa shape index (κ2) is 61.5. The standard InChI is InChI=1S/2C26H33ClN2O6.C25H33ClN2O7.C20H22ClNO7/c2*1-3-5-7-9-12-19(28-35-18-23(32)29-13-10-8-11-14-29)16-20-24(26(33)34-15-6-4-2)21(30)17-22(31)25(20)27;1-33-18-9-5-2-3-8-12-34-25(32)23-19(24(26)21(30)15-20(23)29)14-17(13-18)27-35-16-22(31)28-10-6-4-7-11-28;1-27-17(25)12-29-22-13-8-6-4-2-3-5-7-9-28-20(26)18-14(10-13)19(21)16(24)11-15(18)23/h2*3-4,9,12,17,30-31H,1-2,5-8,10-11,13-16,18H2;2-3,15,18,29-30H,4-14,16H2,1H3;3,5-6,8,11,23-24H,2,4,7,9-10,12H2,1H3/b12-9+,28-19+;12-9+,28-19-;3-2+,27-17-;5-3+,8-6+,22-13+. The van der Waals surface area contributed by atoms with Gasteiger partial charge in [-0.15, -0.1) is 26.3 Å². The third-order valence-electron chi connectivity index (χ3n) is 20.8. The number of piperidine rings is 3. The average molecular weight is 1940 g/mol. The van der Waals surface area contributed by atoms with Gasteiger partial charge in [0.2, 0.25) is 6.61 Å². The van der Waals surface area contributed by atoms with Crippen LogP contribution in [0.4, 0.5) is 0 Å². The first-order chi connectivity index (χ1) is 64.6. The SMILES string of the molecule is C=CCC/C=C/C(Cc1c(Cl)c(O)cc(O)c1C(=O)OCCC=C)=N/OCC(=O)N1CCCCC1.C=CCC/C=C/C(Cc1c(Cl)c(O)cc(O)c1C(=O)OCCC=C)=N\OCC(=O)N1CCCCC1.COC(=O)CO/N=C1\C=C\CC/C=C/CCOC(=O)c2c(O)cc(O)c(Cl)c2C1.COC1CC/C=C/CCOC(=O)c2c(O)cc(O)c(Cl)c2C/C(=N\OCC(=O)N2CCCCC2)C1. The number of ether oxygens (including phenoxy) is 6. The molecule has 0 saturated carbocycles. The number of likely N-dealkylation sites (tertiary alicyclic amines) is 3. The fraction of sp³-hybridized carbons (Fsp3) is 0.443. The van der Waals surface area contributed by atoms with E-state index in [0.717, 1.165) is 114 Å². The van der Waals surface area contributed by atoms with Crippen LogP contribution in [0, 0.1) is 0 Å². The molecule has 8 N–H and O–H groups in total. The normalized spacial score (nSPS) is 17.2. The molecule has 3 fully saturated rings. The molecule has 1 atom stereocenters. The summed E-state index contributed by atoms with van der Waals surface area (Å²) in [6.07, 6.45) is 41.9. The molecule has 33 nitrogen and oxygen atoms in total. The molecular formula is C97H121Cl4N7O26. The van der Waals surface area contributed by atoms with Crippen LogP contribution in [0.3, 0.4) is 0 Å². The smallest absolute Gasteiger partial charge is 0.346 e. The fourth-order valence-electron chi connectivity index (χ4n) is 13.8. The highest BCUT2D eigenvalue weighted by molar-refractivity contribution is 6.35. The number of carbonyl (C=O) groups is 8. The van der Waals surface area contributed by atoms with E-state index in [9.17, 15) is 79.2 Å². The lowest BCUT2D eigenvalue weighted by atomic mass is 9.96. The molecule has 0 bridgehead atoms. The Morgan fingerprint density at radius 2 is 0.843 bits per heavy atom. The molecule has 728 valence electrons. The number of fused-ring (bicyclic) bond motifs is 2. The van der Waals surface area contributed by atoms with Crippen molar-refractivity contribution in [3.05, 3.63) is 200 Å². The van der Waals surface area contributed by atoms with Crippen molar-refractivity contribution in [2.45, 2.75) is 173 Å². The van der Waals surface area contributed by atoms with Crippen molar-refractivity contribution in [1.82, 2.24) is 14.7 Å². The average Bonchev–Trinajstić information content (AvgIpc) is 0.807. The molecule has 37 heteroatoms. The molecule has 5 heterocycles. The summed E-state index contributed by atoms with van der Waals surface area (Å²) in [5.41, 5.74) is 1.36. The summed E-state index contributed by atoms with van der Waals surface area (Å²) in [6, 6.07) is 3.96. The summed E-state index contributed by atoms with van der Waals surface area (Å²) in [4.78, 5) is 126. The van der Waals surface area contributed by atoms with Crippen LogP contribution in [0.2, 0.25) is 20.1 Å². The number of cyclic esters (lactones) is 2. The summed E-state index contributed by atoms with van der Waals surface area (Å²) >= 11 is 25.2. The number of aromatic hydroxyl groups is 8. The number of rotatable bonds is 33. The second-order valence-electron chi connectivity index (χ2n) is 30.8. The third-order valence-corrected chi connectivity index (χ3v) is 22.5. The lowest BCUT2D eigenvalue weighted by molar-refractivity contribution is -0.146. The molecule has 3 saturated heterocycles. The third kappa shape index (κ3) is 37.6. The van der Waals surface area contributed by atoms with Crippen LogP contribution < -0.4 is 0 Å². The molecule has 1 unspecified atom stereocenters. The molecule has 0 spiro atoms. The van der Waals surface area contributed by atoms with Crippen LogP contribution in [0.15, 0.2) is 156 Å². The summed E-state index contributed by atoms with van der Waals surface area (Å²) in [5.74, 6) is -7.56. The molecule has 4 aromatic rings. The zero-order chi connectivity index (χ0) is 97.7. The summed E-state index contributed by atoms with van der Waals surface area (Å²) in [5, 5.41) is 97.8. The minimum absolute atomic E-state index is 0.0150. The van der Waals surface area contributed by atoms with E-state index in [1.807, 2.05) is 42.5 Å². The van der Waals surface area contributed by atoms with Gasteiger partial charge in [0.15, 0.2) is 19.8 Å². The van der Waals surface area contributed by atoms with Crippen molar-refractivity contribution < 1.29 is 127 Å². The van der Waals surface area contributed by atoms with E-state index < -0.39 is 76.7 Å². The first kappa shape index (κ1) is 110. The largest absolute Gasteiger partial charge is 0.507 e. The Morgan fingerprint density at radius 1 is 0.455 bits per heavy atom. The Bertz CT molecular complexity index is 4790. The lowest BCUT2D eigenvalue weighted by Crippen LogP contribution is -2.37. The van der Waals surface area contributed by atoms with E-state index in [2.05, 4.69) is 51.7 Å². The van der Waals surface area contributed by atoms with Gasteiger partial charge in [-0.1, -0.05) is 134 Å². The van der Waals surface area contributed by atoms with Gasteiger partial charge in [0.1, 0.15) is 68.2 Å². The van der Waals surface area contributed by atoms with Crippen molar-refractivity contribution in [1.29, 1.82) is 0 Å². The number of phenols is 8.